The molecule has 14 heteroatoms. The summed E-state index contributed by atoms with van der Waals surface area (Å²) in [6.45, 7) is 0.291. The number of carbonyl (C=O) groups excluding carboxylic acids is 4. The number of carboxylic acid groups (broad SMARTS) is 2. The lowest BCUT2D eigenvalue weighted by Crippen LogP contribution is -2.57. The highest BCUT2D eigenvalue weighted by Gasteiger charge is 2.29. The van der Waals surface area contributed by atoms with Crippen LogP contribution >= 0.6 is 0 Å². The second-order valence-electron chi connectivity index (χ2n) is 6.42. The van der Waals surface area contributed by atoms with Crippen molar-refractivity contribution in [3.8, 4) is 0 Å². The van der Waals surface area contributed by atoms with Crippen LogP contribution in [0.5, 0.6) is 0 Å². The molecule has 0 spiro atoms. The normalized spacial score (nSPS) is 14.5. The van der Waals surface area contributed by atoms with Gasteiger partial charge >= 0.3 is 11.9 Å². The van der Waals surface area contributed by atoms with E-state index in [1.54, 1.807) is 0 Å². The quantitative estimate of drug-likeness (QED) is 0.132. The molecule has 0 aromatic carbocycles. The van der Waals surface area contributed by atoms with Crippen LogP contribution in [-0.2, 0) is 28.8 Å². The van der Waals surface area contributed by atoms with Gasteiger partial charge in [-0.3, -0.25) is 28.8 Å². The zero-order chi connectivity index (χ0) is 23.4. The zero-order valence-electron chi connectivity index (χ0n) is 16.3. The van der Waals surface area contributed by atoms with Gasteiger partial charge in [-0.2, -0.15) is 0 Å². The molecule has 0 aliphatic rings. The van der Waals surface area contributed by atoms with Crippen molar-refractivity contribution in [3.63, 3.8) is 0 Å². The summed E-state index contributed by atoms with van der Waals surface area (Å²) in [4.78, 5) is 68.9. The van der Waals surface area contributed by atoms with Gasteiger partial charge in [-0.25, -0.2) is 0 Å². The Morgan fingerprint density at radius 1 is 0.833 bits per heavy atom. The van der Waals surface area contributed by atoms with E-state index in [-0.39, 0.29) is 19.3 Å². The molecule has 0 radical (unpaired) electrons. The standard InChI is InChI=1S/C16H27N5O9/c1-7(16(29)30)19-14(27)9(3-5-12(24)25)20-15(28)10(6-22)21-13(26)8(17)2-4-11(18)23/h7-10,22H,2-6,17H2,1H3,(H2,18,23)(H,19,27)(H,20,28)(H,21,26)(H,24,25)(H,29,30). The fraction of sp³-hybridized carbons (Fsp3) is 0.625. The van der Waals surface area contributed by atoms with Gasteiger partial charge in [0.1, 0.15) is 18.1 Å². The molecular formula is C16H27N5O9. The summed E-state index contributed by atoms with van der Waals surface area (Å²) in [7, 11) is 0. The summed E-state index contributed by atoms with van der Waals surface area (Å²) in [5.74, 6) is -6.14. The van der Waals surface area contributed by atoms with Gasteiger partial charge < -0.3 is 42.7 Å². The molecule has 0 saturated heterocycles. The van der Waals surface area contributed by atoms with Crippen molar-refractivity contribution in [2.45, 2.75) is 56.8 Å². The second kappa shape index (κ2) is 13.1. The average molecular weight is 433 g/mol. The van der Waals surface area contributed by atoms with Crippen molar-refractivity contribution in [3.05, 3.63) is 0 Å². The molecule has 14 nitrogen and oxygen atoms in total. The highest BCUT2D eigenvalue weighted by atomic mass is 16.4. The van der Waals surface area contributed by atoms with Gasteiger partial charge in [-0.05, 0) is 19.8 Å². The smallest absolute Gasteiger partial charge is 0.325 e. The number of amides is 4. The molecule has 0 aromatic rings. The number of nitrogens with one attached hydrogen (secondary N) is 3. The highest BCUT2D eigenvalue weighted by Crippen LogP contribution is 2.01. The number of aliphatic hydroxyl groups excluding tert-OH is 1. The molecule has 170 valence electrons. The number of rotatable bonds is 14. The molecule has 0 aliphatic carbocycles. The summed E-state index contributed by atoms with van der Waals surface area (Å²) in [6, 6.07) is -5.47. The second-order valence-corrected chi connectivity index (χ2v) is 6.42. The molecular weight excluding hydrogens is 406 g/mol. The number of hydrogen-bond acceptors (Lipinski definition) is 8. The van der Waals surface area contributed by atoms with Crippen molar-refractivity contribution in [1.29, 1.82) is 0 Å². The van der Waals surface area contributed by atoms with E-state index in [0.29, 0.717) is 0 Å². The molecule has 10 N–H and O–H groups in total. The van der Waals surface area contributed by atoms with Gasteiger partial charge in [0, 0.05) is 12.8 Å². The molecule has 0 fully saturated rings. The Bertz CT molecular complexity index is 669. The molecule has 0 aliphatic heterocycles. The number of aliphatic hydroxyl groups is 1. The molecule has 0 heterocycles. The van der Waals surface area contributed by atoms with Gasteiger partial charge in [-0.1, -0.05) is 0 Å². The lowest BCUT2D eigenvalue weighted by atomic mass is 10.1. The predicted octanol–water partition coefficient (Wildman–Crippen LogP) is -4.00. The minimum Gasteiger partial charge on any atom is -0.481 e. The van der Waals surface area contributed by atoms with E-state index in [0.717, 1.165) is 0 Å². The Morgan fingerprint density at radius 3 is 1.83 bits per heavy atom. The van der Waals surface area contributed by atoms with E-state index in [1.165, 1.54) is 6.92 Å². The maximum atomic E-state index is 12.3. The van der Waals surface area contributed by atoms with E-state index < -0.39 is 72.8 Å². The van der Waals surface area contributed by atoms with Crippen LogP contribution in [0.15, 0.2) is 0 Å². The lowest BCUT2D eigenvalue weighted by molar-refractivity contribution is -0.142. The molecule has 0 saturated carbocycles. The molecule has 4 unspecified atom stereocenters. The Kier molecular flexibility index (Phi) is 11.6. The Balaban J connectivity index is 5.11. The van der Waals surface area contributed by atoms with Crippen molar-refractivity contribution in [1.82, 2.24) is 16.0 Å². The van der Waals surface area contributed by atoms with Crippen LogP contribution in [0, 0.1) is 0 Å². The Hall–Kier alpha value is -3.26. The number of nitrogens with two attached hydrogens (primary N) is 2. The van der Waals surface area contributed by atoms with Crippen LogP contribution < -0.4 is 27.4 Å². The van der Waals surface area contributed by atoms with E-state index in [9.17, 15) is 33.9 Å². The summed E-state index contributed by atoms with van der Waals surface area (Å²) < 4.78 is 0. The first-order valence-corrected chi connectivity index (χ1v) is 8.89. The number of carbonyl (C=O) groups is 6. The molecule has 0 aromatic heterocycles. The monoisotopic (exact) mass is 433 g/mol. The summed E-state index contributed by atoms with van der Waals surface area (Å²) >= 11 is 0. The molecule has 4 atom stereocenters. The topological polar surface area (TPSA) is 251 Å². The van der Waals surface area contributed by atoms with Gasteiger partial charge in [-0.15, -0.1) is 0 Å². The van der Waals surface area contributed by atoms with Crippen molar-refractivity contribution >= 4 is 35.6 Å². The predicted molar refractivity (Wildman–Crippen MR) is 99.5 cm³/mol. The zero-order valence-corrected chi connectivity index (χ0v) is 16.3. The fourth-order valence-corrected chi connectivity index (χ4v) is 2.09. The van der Waals surface area contributed by atoms with Crippen LogP contribution in [0.25, 0.3) is 0 Å². The summed E-state index contributed by atoms with van der Waals surface area (Å²) in [5.41, 5.74) is 10.5. The number of primary amides is 1. The van der Waals surface area contributed by atoms with Gasteiger partial charge in [0.2, 0.25) is 23.6 Å². The Morgan fingerprint density at radius 2 is 1.37 bits per heavy atom. The number of carboxylic acids is 2. The van der Waals surface area contributed by atoms with E-state index in [4.69, 9.17) is 21.7 Å². The van der Waals surface area contributed by atoms with Crippen LogP contribution in [0.3, 0.4) is 0 Å². The van der Waals surface area contributed by atoms with Crippen LogP contribution in [-0.4, -0.2) is 81.7 Å². The molecule has 0 bridgehead atoms. The first kappa shape index (κ1) is 26.7. The molecule has 0 rings (SSSR count). The van der Waals surface area contributed by atoms with Crippen molar-refractivity contribution in [2.75, 3.05) is 6.61 Å². The fourth-order valence-electron chi connectivity index (χ4n) is 2.09. The maximum Gasteiger partial charge on any atom is 0.325 e. The third-order valence-electron chi connectivity index (χ3n) is 3.86. The largest absolute Gasteiger partial charge is 0.481 e. The van der Waals surface area contributed by atoms with Crippen LogP contribution in [0.4, 0.5) is 0 Å². The summed E-state index contributed by atoms with van der Waals surface area (Å²) in [6.07, 6.45) is -1.17. The third kappa shape index (κ3) is 10.3. The minimum absolute atomic E-state index is 0.0996. The molecule has 4 amide bonds. The SMILES string of the molecule is CC(NC(=O)C(CCC(=O)O)NC(=O)C(CO)NC(=O)C(N)CCC(N)=O)C(=O)O. The highest BCUT2D eigenvalue weighted by molar-refractivity contribution is 5.94. The first-order chi connectivity index (χ1) is 13.9. The van der Waals surface area contributed by atoms with Crippen molar-refractivity contribution < 1.29 is 44.1 Å². The van der Waals surface area contributed by atoms with E-state index >= 15 is 0 Å². The van der Waals surface area contributed by atoms with Crippen LogP contribution in [0.2, 0.25) is 0 Å². The number of hydrogen-bond donors (Lipinski definition) is 8. The van der Waals surface area contributed by atoms with E-state index in [1.807, 2.05) is 0 Å². The molecule has 30 heavy (non-hydrogen) atoms. The van der Waals surface area contributed by atoms with Gasteiger partial charge in [0.15, 0.2) is 0 Å². The summed E-state index contributed by atoms with van der Waals surface area (Å²) in [5, 5.41) is 33.4. The third-order valence-corrected chi connectivity index (χ3v) is 3.86. The van der Waals surface area contributed by atoms with E-state index in [2.05, 4.69) is 16.0 Å². The van der Waals surface area contributed by atoms with Gasteiger partial charge in [0.05, 0.1) is 12.6 Å². The van der Waals surface area contributed by atoms with Crippen LogP contribution in [0.1, 0.15) is 32.6 Å². The minimum atomic E-state index is -1.53. The Labute approximate surface area is 171 Å². The average Bonchev–Trinajstić information content (AvgIpc) is 2.66. The number of aliphatic carboxylic acids is 2. The van der Waals surface area contributed by atoms with Gasteiger partial charge in [0.25, 0.3) is 0 Å². The van der Waals surface area contributed by atoms with Crippen molar-refractivity contribution in [2.24, 2.45) is 11.5 Å². The first-order valence-electron chi connectivity index (χ1n) is 8.89. The maximum absolute atomic E-state index is 12.3. The lowest BCUT2D eigenvalue weighted by Gasteiger charge is -2.23.